The molecule has 174 valence electrons. The van der Waals surface area contributed by atoms with E-state index >= 15 is 0 Å². The molecule has 1 aromatic carbocycles. The van der Waals surface area contributed by atoms with Crippen LogP contribution >= 0.6 is 0 Å². The molecule has 3 rings (SSSR count). The topological polar surface area (TPSA) is 65.0 Å². The lowest BCUT2D eigenvalue weighted by Gasteiger charge is -2.35. The summed E-state index contributed by atoms with van der Waals surface area (Å²) >= 11 is 0. The number of aromatic nitrogens is 1. The van der Waals surface area contributed by atoms with E-state index in [9.17, 15) is 0 Å². The normalized spacial score (nSPS) is 15.8. The molecule has 0 radical (unpaired) electrons. The van der Waals surface area contributed by atoms with Crippen LogP contribution < -0.4 is 20.3 Å². The predicted molar refractivity (Wildman–Crippen MR) is 133 cm³/mol. The van der Waals surface area contributed by atoms with Crippen LogP contribution in [-0.2, 0) is 6.54 Å². The first kappa shape index (κ1) is 23.9. The van der Waals surface area contributed by atoms with Crippen LogP contribution in [0.4, 0.5) is 5.82 Å². The zero-order chi connectivity index (χ0) is 22.8. The number of pyridine rings is 1. The lowest BCUT2D eigenvalue weighted by atomic mass is 10.0. The fourth-order valence-corrected chi connectivity index (χ4v) is 4.02. The van der Waals surface area contributed by atoms with Gasteiger partial charge < -0.3 is 20.3 Å². The van der Waals surface area contributed by atoms with Gasteiger partial charge in [0.25, 0.3) is 0 Å². The number of guanidine groups is 1. The summed E-state index contributed by atoms with van der Waals surface area (Å²) in [7, 11) is 5.71. The molecule has 1 atom stereocenters. The number of nitrogens with one attached hydrogen (secondary N) is 2. The van der Waals surface area contributed by atoms with Gasteiger partial charge in [-0.3, -0.25) is 4.90 Å². The number of benzene rings is 1. The van der Waals surface area contributed by atoms with Crippen molar-refractivity contribution in [2.45, 2.75) is 38.8 Å². The summed E-state index contributed by atoms with van der Waals surface area (Å²) in [5.41, 5.74) is 2.45. The molecule has 0 amide bonds. The number of ether oxygens (including phenoxy) is 1. The average Bonchev–Trinajstić information content (AvgIpc) is 2.83. The maximum atomic E-state index is 5.36. The highest BCUT2D eigenvalue weighted by Crippen LogP contribution is 2.26. The van der Waals surface area contributed by atoms with E-state index in [-0.39, 0.29) is 0 Å². The van der Waals surface area contributed by atoms with E-state index < -0.39 is 0 Å². The first-order valence-electron chi connectivity index (χ1n) is 11.6. The lowest BCUT2D eigenvalue weighted by Crippen LogP contribution is -2.44. The van der Waals surface area contributed by atoms with Crippen molar-refractivity contribution in [2.24, 2.45) is 4.99 Å². The summed E-state index contributed by atoms with van der Waals surface area (Å²) in [6.07, 6.45) is 5.69. The van der Waals surface area contributed by atoms with Gasteiger partial charge in [0.2, 0.25) is 0 Å². The maximum absolute atomic E-state index is 5.36. The van der Waals surface area contributed by atoms with Gasteiger partial charge in [0.05, 0.1) is 19.7 Å². The molecule has 32 heavy (non-hydrogen) atoms. The Bertz CT molecular complexity index is 846. The minimum Gasteiger partial charge on any atom is -0.497 e. The fourth-order valence-electron chi connectivity index (χ4n) is 4.02. The number of rotatable bonds is 9. The van der Waals surface area contributed by atoms with Crippen molar-refractivity contribution in [2.75, 3.05) is 52.3 Å². The highest BCUT2D eigenvalue weighted by Gasteiger charge is 2.22. The van der Waals surface area contributed by atoms with Gasteiger partial charge in [-0.15, -0.1) is 0 Å². The Morgan fingerprint density at radius 1 is 1.12 bits per heavy atom. The maximum Gasteiger partial charge on any atom is 0.191 e. The zero-order valence-electron chi connectivity index (χ0n) is 20.0. The second-order valence-corrected chi connectivity index (χ2v) is 8.38. The number of piperidine rings is 1. The van der Waals surface area contributed by atoms with Crippen LogP contribution in [0.2, 0.25) is 0 Å². The van der Waals surface area contributed by atoms with E-state index in [1.807, 2.05) is 31.3 Å². The van der Waals surface area contributed by atoms with Gasteiger partial charge in [-0.25, -0.2) is 9.98 Å². The molecule has 0 bridgehead atoms. The van der Waals surface area contributed by atoms with Crippen molar-refractivity contribution in [3.8, 4) is 5.75 Å². The minimum absolute atomic E-state index is 0.298. The van der Waals surface area contributed by atoms with Crippen LogP contribution in [0, 0.1) is 0 Å². The van der Waals surface area contributed by atoms with Gasteiger partial charge in [-0.2, -0.15) is 0 Å². The van der Waals surface area contributed by atoms with E-state index in [2.05, 4.69) is 57.8 Å². The Balaban J connectivity index is 1.71. The Morgan fingerprint density at radius 3 is 2.53 bits per heavy atom. The predicted octanol–water partition coefficient (Wildman–Crippen LogP) is 3.44. The van der Waals surface area contributed by atoms with Gasteiger partial charge in [0.15, 0.2) is 5.96 Å². The molecule has 2 N–H and O–H groups in total. The summed E-state index contributed by atoms with van der Waals surface area (Å²) in [6.45, 7) is 6.60. The van der Waals surface area contributed by atoms with Crippen molar-refractivity contribution < 1.29 is 4.74 Å². The molecular formula is C25H38N6O. The smallest absolute Gasteiger partial charge is 0.191 e. The third-order valence-corrected chi connectivity index (χ3v) is 5.83. The van der Waals surface area contributed by atoms with Crippen LogP contribution in [0.25, 0.3) is 0 Å². The Morgan fingerprint density at radius 2 is 1.88 bits per heavy atom. The highest BCUT2D eigenvalue weighted by atomic mass is 16.5. The largest absolute Gasteiger partial charge is 0.497 e. The molecule has 2 aromatic rings. The SMILES string of the molecule is CCNC(=NCc1ccnc(N(C)C)c1)NCC(c1ccc(OC)cc1)N1CCCCC1. The van der Waals surface area contributed by atoms with E-state index in [1.54, 1.807) is 7.11 Å². The summed E-state index contributed by atoms with van der Waals surface area (Å²) in [4.78, 5) is 13.8. The first-order chi connectivity index (χ1) is 15.6. The van der Waals surface area contributed by atoms with E-state index in [0.717, 1.165) is 49.3 Å². The van der Waals surface area contributed by atoms with Gasteiger partial charge in [-0.05, 0) is 68.2 Å². The molecule has 1 aromatic heterocycles. The summed E-state index contributed by atoms with van der Waals surface area (Å²) in [5, 5.41) is 6.99. The second kappa shape index (κ2) is 12.3. The van der Waals surface area contributed by atoms with Crippen molar-refractivity contribution in [3.05, 3.63) is 53.7 Å². The van der Waals surface area contributed by atoms with Crippen LogP contribution in [0.3, 0.4) is 0 Å². The molecule has 1 aliphatic heterocycles. The third-order valence-electron chi connectivity index (χ3n) is 5.83. The molecule has 1 unspecified atom stereocenters. The van der Waals surface area contributed by atoms with Crippen LogP contribution in [-0.4, -0.2) is 63.2 Å². The van der Waals surface area contributed by atoms with Crippen LogP contribution in [0.1, 0.15) is 43.4 Å². The number of hydrogen-bond acceptors (Lipinski definition) is 5. The quantitative estimate of drug-likeness (QED) is 0.462. The molecule has 1 saturated heterocycles. The molecule has 1 aliphatic rings. The average molecular weight is 439 g/mol. The first-order valence-corrected chi connectivity index (χ1v) is 11.6. The number of likely N-dealkylation sites (tertiary alicyclic amines) is 1. The van der Waals surface area contributed by atoms with Crippen LogP contribution in [0.5, 0.6) is 5.75 Å². The van der Waals surface area contributed by atoms with Gasteiger partial charge in [0, 0.05) is 33.4 Å². The number of methoxy groups -OCH3 is 1. The molecule has 7 nitrogen and oxygen atoms in total. The Hall–Kier alpha value is -2.80. The summed E-state index contributed by atoms with van der Waals surface area (Å²) in [5.74, 6) is 2.68. The number of aliphatic imine (C=N–C) groups is 1. The van der Waals surface area contributed by atoms with Crippen molar-refractivity contribution in [3.63, 3.8) is 0 Å². The van der Waals surface area contributed by atoms with Crippen molar-refractivity contribution in [1.29, 1.82) is 0 Å². The van der Waals surface area contributed by atoms with Crippen LogP contribution in [0.15, 0.2) is 47.6 Å². The van der Waals surface area contributed by atoms with Crippen molar-refractivity contribution in [1.82, 2.24) is 20.5 Å². The fraction of sp³-hybridized carbons (Fsp3) is 0.520. The van der Waals surface area contributed by atoms with E-state index in [4.69, 9.17) is 9.73 Å². The molecule has 1 fully saturated rings. The van der Waals surface area contributed by atoms with Crippen molar-refractivity contribution >= 4 is 11.8 Å². The Kier molecular flexibility index (Phi) is 9.16. The molecular weight excluding hydrogens is 400 g/mol. The Labute approximate surface area is 192 Å². The van der Waals surface area contributed by atoms with E-state index in [1.165, 1.54) is 24.8 Å². The molecule has 0 saturated carbocycles. The van der Waals surface area contributed by atoms with E-state index in [0.29, 0.717) is 12.6 Å². The highest BCUT2D eigenvalue weighted by molar-refractivity contribution is 5.79. The molecule has 0 spiro atoms. The lowest BCUT2D eigenvalue weighted by molar-refractivity contribution is 0.164. The zero-order valence-corrected chi connectivity index (χ0v) is 20.0. The summed E-state index contributed by atoms with van der Waals surface area (Å²) in [6, 6.07) is 12.9. The standard InChI is InChI=1S/C25H38N6O/c1-5-26-25(28-18-20-13-14-27-24(17-20)30(2)3)29-19-23(31-15-7-6-8-16-31)21-9-11-22(32-4)12-10-21/h9-14,17,23H,5-8,15-16,18-19H2,1-4H3,(H2,26,28,29). The molecule has 2 heterocycles. The number of nitrogens with zero attached hydrogens (tertiary/aromatic N) is 4. The number of anilines is 1. The molecule has 7 heteroatoms. The third kappa shape index (κ3) is 6.85. The molecule has 0 aliphatic carbocycles. The monoisotopic (exact) mass is 438 g/mol. The van der Waals surface area contributed by atoms with Gasteiger partial charge in [0.1, 0.15) is 11.6 Å². The number of hydrogen-bond donors (Lipinski definition) is 2. The van der Waals surface area contributed by atoms with Gasteiger partial charge >= 0.3 is 0 Å². The van der Waals surface area contributed by atoms with Gasteiger partial charge in [-0.1, -0.05) is 18.6 Å². The second-order valence-electron chi connectivity index (χ2n) is 8.38. The minimum atomic E-state index is 0.298. The summed E-state index contributed by atoms with van der Waals surface area (Å²) < 4.78 is 5.36.